The van der Waals surface area contributed by atoms with Crippen LogP contribution in [0.15, 0.2) is 39.7 Å². The van der Waals surface area contributed by atoms with Gasteiger partial charge in [-0.3, -0.25) is 14.6 Å². The van der Waals surface area contributed by atoms with Crippen LogP contribution in [0.25, 0.3) is 0 Å². The van der Waals surface area contributed by atoms with E-state index in [0.29, 0.717) is 43.1 Å². The minimum absolute atomic E-state index is 0.0863. The van der Waals surface area contributed by atoms with Gasteiger partial charge in [-0.25, -0.2) is 0 Å². The van der Waals surface area contributed by atoms with Crippen LogP contribution in [0.3, 0.4) is 0 Å². The van der Waals surface area contributed by atoms with E-state index >= 15 is 0 Å². The van der Waals surface area contributed by atoms with Crippen LogP contribution in [-0.4, -0.2) is 37.1 Å². The number of ether oxygens (including phenoxy) is 2. The maximum atomic E-state index is 12.1. The molecule has 0 saturated heterocycles. The molecule has 0 aromatic carbocycles. The van der Waals surface area contributed by atoms with E-state index in [1.165, 1.54) is 6.08 Å². The lowest BCUT2D eigenvalue weighted by atomic mass is 9.88. The number of aliphatic imine (C=N–C) groups is 1. The number of allylic oxidation sites excluding steroid dienone is 5. The highest BCUT2D eigenvalue weighted by Crippen LogP contribution is 2.36. The smallest absolute Gasteiger partial charge is 0.221 e. The highest BCUT2D eigenvalue weighted by Gasteiger charge is 2.34. The van der Waals surface area contributed by atoms with E-state index in [2.05, 4.69) is 4.99 Å². The highest BCUT2D eigenvalue weighted by molar-refractivity contribution is 6.29. The lowest BCUT2D eigenvalue weighted by Crippen LogP contribution is -2.19. The van der Waals surface area contributed by atoms with Crippen molar-refractivity contribution >= 4 is 17.3 Å². The summed E-state index contributed by atoms with van der Waals surface area (Å²) in [5.74, 6) is 0.139. The van der Waals surface area contributed by atoms with Gasteiger partial charge < -0.3 is 9.47 Å². The van der Waals surface area contributed by atoms with Crippen molar-refractivity contribution in [2.24, 2.45) is 4.99 Å². The second kappa shape index (κ2) is 5.77. The van der Waals surface area contributed by atoms with Crippen LogP contribution in [-0.2, 0) is 19.1 Å². The molecule has 3 rings (SSSR count). The van der Waals surface area contributed by atoms with Crippen molar-refractivity contribution < 1.29 is 19.1 Å². The Morgan fingerprint density at radius 1 is 1.19 bits per heavy atom. The Hall–Kier alpha value is -2.01. The van der Waals surface area contributed by atoms with E-state index in [-0.39, 0.29) is 17.3 Å². The molecule has 110 valence electrons. The summed E-state index contributed by atoms with van der Waals surface area (Å²) in [6, 6.07) is 0. The minimum Gasteiger partial charge on any atom is -0.487 e. The Kier molecular flexibility index (Phi) is 3.84. The van der Waals surface area contributed by atoms with Crippen LogP contribution < -0.4 is 0 Å². The summed E-state index contributed by atoms with van der Waals surface area (Å²) in [7, 11) is 0. The molecule has 0 N–H and O–H groups in total. The van der Waals surface area contributed by atoms with Crippen molar-refractivity contribution in [2.45, 2.75) is 26.2 Å². The van der Waals surface area contributed by atoms with E-state index in [0.717, 1.165) is 18.5 Å². The van der Waals surface area contributed by atoms with Crippen molar-refractivity contribution in [1.29, 1.82) is 0 Å². The van der Waals surface area contributed by atoms with Crippen LogP contribution >= 0.6 is 0 Å². The standard InChI is InChI=1S/C16H17NO4/c1-2-20-6-7-21-15-9-12-10(8-14(15)19)16-11(17-12)4-3-5-13(16)18/h8-9H,2-7H2,1H3. The summed E-state index contributed by atoms with van der Waals surface area (Å²) in [6.07, 6.45) is 5.27. The topological polar surface area (TPSA) is 65.0 Å². The van der Waals surface area contributed by atoms with Crippen molar-refractivity contribution in [3.8, 4) is 0 Å². The summed E-state index contributed by atoms with van der Waals surface area (Å²) in [4.78, 5) is 28.6. The highest BCUT2D eigenvalue weighted by atomic mass is 16.5. The van der Waals surface area contributed by atoms with Crippen molar-refractivity contribution in [1.82, 2.24) is 0 Å². The minimum atomic E-state index is -0.215. The van der Waals surface area contributed by atoms with E-state index in [1.807, 2.05) is 6.92 Å². The average Bonchev–Trinajstić information content (AvgIpc) is 2.82. The molecule has 0 bridgehead atoms. The van der Waals surface area contributed by atoms with Gasteiger partial charge in [-0.2, -0.15) is 0 Å². The molecule has 0 amide bonds. The molecular formula is C16H17NO4. The Labute approximate surface area is 123 Å². The molecule has 21 heavy (non-hydrogen) atoms. The van der Waals surface area contributed by atoms with E-state index in [9.17, 15) is 9.59 Å². The second-order valence-corrected chi connectivity index (χ2v) is 5.07. The van der Waals surface area contributed by atoms with E-state index in [4.69, 9.17) is 9.47 Å². The molecule has 0 saturated carbocycles. The zero-order valence-corrected chi connectivity index (χ0v) is 12.0. The quantitative estimate of drug-likeness (QED) is 0.572. The van der Waals surface area contributed by atoms with Gasteiger partial charge >= 0.3 is 0 Å². The van der Waals surface area contributed by atoms with Crippen molar-refractivity contribution in [3.63, 3.8) is 0 Å². The SMILES string of the molecule is CCOCCOC1=CC2=NC3=C(C(=O)CCC3)C2=CC1=O. The van der Waals surface area contributed by atoms with Gasteiger partial charge in [-0.1, -0.05) is 0 Å². The third-order valence-electron chi connectivity index (χ3n) is 3.66. The fourth-order valence-corrected chi connectivity index (χ4v) is 2.70. The first kappa shape index (κ1) is 13.9. The number of rotatable bonds is 5. The Morgan fingerprint density at radius 2 is 2.05 bits per heavy atom. The van der Waals surface area contributed by atoms with Gasteiger partial charge in [0, 0.05) is 30.2 Å². The molecule has 5 nitrogen and oxygen atoms in total. The third kappa shape index (κ3) is 2.61. The number of ketones is 2. The van der Waals surface area contributed by atoms with Gasteiger partial charge in [0.2, 0.25) is 5.78 Å². The number of carbonyl (C=O) groups excluding carboxylic acids is 2. The summed E-state index contributed by atoms with van der Waals surface area (Å²) < 4.78 is 10.6. The second-order valence-electron chi connectivity index (χ2n) is 5.07. The first-order valence-electron chi connectivity index (χ1n) is 7.24. The number of hydrogen-bond donors (Lipinski definition) is 0. The summed E-state index contributed by atoms with van der Waals surface area (Å²) >= 11 is 0. The van der Waals surface area contributed by atoms with Gasteiger partial charge in [0.15, 0.2) is 11.5 Å². The predicted molar refractivity (Wildman–Crippen MR) is 76.9 cm³/mol. The van der Waals surface area contributed by atoms with Crippen LogP contribution in [0.1, 0.15) is 26.2 Å². The molecule has 3 aliphatic rings. The average molecular weight is 287 g/mol. The lowest BCUT2D eigenvalue weighted by molar-refractivity contribution is -0.115. The largest absolute Gasteiger partial charge is 0.487 e. The molecule has 0 spiro atoms. The zero-order valence-electron chi connectivity index (χ0n) is 12.0. The zero-order chi connectivity index (χ0) is 14.8. The normalized spacial score (nSPS) is 20.7. The summed E-state index contributed by atoms with van der Waals surface area (Å²) in [6.45, 7) is 3.29. The third-order valence-corrected chi connectivity index (χ3v) is 3.66. The molecule has 0 radical (unpaired) electrons. The maximum absolute atomic E-state index is 12.1. The van der Waals surface area contributed by atoms with E-state index in [1.54, 1.807) is 6.08 Å². The Bertz CT molecular complexity index is 622. The number of nitrogens with zero attached hydrogens (tertiary/aromatic N) is 1. The summed E-state index contributed by atoms with van der Waals surface area (Å²) in [5.41, 5.74) is 2.78. The van der Waals surface area contributed by atoms with Crippen LogP contribution in [0.4, 0.5) is 0 Å². The number of carbonyl (C=O) groups is 2. The molecule has 5 heteroatoms. The molecule has 0 atom stereocenters. The maximum Gasteiger partial charge on any atom is 0.221 e. The van der Waals surface area contributed by atoms with E-state index < -0.39 is 0 Å². The van der Waals surface area contributed by atoms with Crippen molar-refractivity contribution in [2.75, 3.05) is 19.8 Å². The van der Waals surface area contributed by atoms with Gasteiger partial charge in [0.1, 0.15) is 6.61 Å². The van der Waals surface area contributed by atoms with Gasteiger partial charge in [0.25, 0.3) is 0 Å². The first-order valence-corrected chi connectivity index (χ1v) is 7.24. The molecule has 0 unspecified atom stereocenters. The molecule has 1 heterocycles. The Balaban J connectivity index is 1.77. The Morgan fingerprint density at radius 3 is 2.86 bits per heavy atom. The monoisotopic (exact) mass is 287 g/mol. The van der Waals surface area contributed by atoms with Gasteiger partial charge in [-0.05, 0) is 25.8 Å². The lowest BCUT2D eigenvalue weighted by Gasteiger charge is -2.15. The van der Waals surface area contributed by atoms with Gasteiger partial charge in [-0.15, -0.1) is 0 Å². The van der Waals surface area contributed by atoms with Crippen LogP contribution in [0, 0.1) is 0 Å². The summed E-state index contributed by atoms with van der Waals surface area (Å²) in [5, 5.41) is 0. The molecule has 0 aromatic heterocycles. The number of hydrogen-bond acceptors (Lipinski definition) is 5. The molecule has 0 aromatic rings. The van der Waals surface area contributed by atoms with Crippen molar-refractivity contribution in [3.05, 3.63) is 34.8 Å². The predicted octanol–water partition coefficient (Wildman–Crippen LogP) is 1.89. The fraction of sp³-hybridized carbons (Fsp3) is 0.438. The first-order chi connectivity index (χ1) is 10.2. The van der Waals surface area contributed by atoms with Crippen LogP contribution in [0.2, 0.25) is 0 Å². The molecule has 2 aliphatic carbocycles. The van der Waals surface area contributed by atoms with Crippen LogP contribution in [0.5, 0.6) is 0 Å². The van der Waals surface area contributed by atoms with Gasteiger partial charge in [0.05, 0.1) is 18.0 Å². The number of Topliss-reactive ketones (excluding diaryl/α,β-unsaturated/α-hetero) is 1. The molecular weight excluding hydrogens is 270 g/mol. The fourth-order valence-electron chi connectivity index (χ4n) is 2.70. The molecule has 0 fully saturated rings. The molecule has 1 aliphatic heterocycles. The number of fused-ring (bicyclic) bond motifs is 2.